The molecule has 5 heteroatoms. The molecule has 0 saturated carbocycles. The lowest BCUT2D eigenvalue weighted by atomic mass is 10.0. The fourth-order valence-corrected chi connectivity index (χ4v) is 3.01. The van der Waals surface area contributed by atoms with Gasteiger partial charge in [-0.2, -0.15) is 0 Å². The summed E-state index contributed by atoms with van der Waals surface area (Å²) in [6.45, 7) is 4.66. The first-order valence-corrected chi connectivity index (χ1v) is 8.35. The summed E-state index contributed by atoms with van der Waals surface area (Å²) in [5.74, 6) is 0.365. The van der Waals surface area contributed by atoms with Crippen LogP contribution < -0.4 is 10.5 Å². The zero-order chi connectivity index (χ0) is 15.5. The van der Waals surface area contributed by atoms with Crippen molar-refractivity contribution in [2.45, 2.75) is 24.7 Å². The zero-order valence-corrected chi connectivity index (χ0v) is 13.0. The van der Waals surface area contributed by atoms with Gasteiger partial charge in [0.1, 0.15) is 0 Å². The summed E-state index contributed by atoms with van der Waals surface area (Å²) >= 11 is 0. The van der Waals surface area contributed by atoms with E-state index in [2.05, 4.69) is 24.4 Å². The number of hydrogen-bond acceptors (Lipinski definition) is 3. The van der Waals surface area contributed by atoms with E-state index in [0.717, 1.165) is 12.2 Å². The molecule has 2 aromatic carbocycles. The van der Waals surface area contributed by atoms with Crippen LogP contribution in [0.4, 0.5) is 5.69 Å². The van der Waals surface area contributed by atoms with E-state index in [-0.39, 0.29) is 4.90 Å². The Morgan fingerprint density at radius 1 is 1.14 bits per heavy atom. The maximum Gasteiger partial charge on any atom is 0.238 e. The van der Waals surface area contributed by atoms with Crippen molar-refractivity contribution in [3.8, 4) is 0 Å². The van der Waals surface area contributed by atoms with Crippen molar-refractivity contribution in [2.75, 3.05) is 11.9 Å². The summed E-state index contributed by atoms with van der Waals surface area (Å²) < 4.78 is 22.7. The third-order valence-electron chi connectivity index (χ3n) is 3.46. The Morgan fingerprint density at radius 3 is 2.38 bits per heavy atom. The summed E-state index contributed by atoms with van der Waals surface area (Å²) in [6, 6.07) is 15.3. The molecule has 3 N–H and O–H groups in total. The predicted octanol–water partition coefficient (Wildman–Crippen LogP) is 2.86. The van der Waals surface area contributed by atoms with Gasteiger partial charge in [-0.15, -0.1) is 0 Å². The van der Waals surface area contributed by atoms with Gasteiger partial charge in [-0.25, -0.2) is 13.6 Å². The van der Waals surface area contributed by atoms with Gasteiger partial charge in [0.2, 0.25) is 10.0 Å². The summed E-state index contributed by atoms with van der Waals surface area (Å²) in [5.41, 5.74) is 2.81. The maximum absolute atomic E-state index is 11.4. The molecule has 0 amide bonds. The standard InChI is InChI=1S/C16H20N2O2S/c1-12-10-15(8-9-16(12)21(17,19)20)18-11-13(2)14-6-4-3-5-7-14/h3-10,13,18H,11H2,1-2H3,(H2,17,19,20)/t13-/m1/s1. The van der Waals surface area contributed by atoms with Crippen LogP contribution in [0.15, 0.2) is 53.4 Å². The van der Waals surface area contributed by atoms with Crippen molar-refractivity contribution in [3.05, 3.63) is 59.7 Å². The van der Waals surface area contributed by atoms with Crippen LogP contribution in [0.1, 0.15) is 24.0 Å². The van der Waals surface area contributed by atoms with Crippen LogP contribution in [-0.2, 0) is 10.0 Å². The van der Waals surface area contributed by atoms with Crippen LogP contribution in [0.5, 0.6) is 0 Å². The van der Waals surface area contributed by atoms with Crippen molar-refractivity contribution in [1.29, 1.82) is 0 Å². The van der Waals surface area contributed by atoms with Crippen molar-refractivity contribution >= 4 is 15.7 Å². The number of nitrogens with two attached hydrogens (primary N) is 1. The third-order valence-corrected chi connectivity index (χ3v) is 4.53. The van der Waals surface area contributed by atoms with Crippen LogP contribution >= 0.6 is 0 Å². The Bertz CT molecular complexity index is 712. The van der Waals surface area contributed by atoms with Crippen molar-refractivity contribution in [2.24, 2.45) is 5.14 Å². The smallest absolute Gasteiger partial charge is 0.238 e. The minimum absolute atomic E-state index is 0.171. The second-order valence-corrected chi connectivity index (χ2v) is 6.75. The summed E-state index contributed by atoms with van der Waals surface area (Å²) in [7, 11) is -3.65. The van der Waals surface area contributed by atoms with E-state index in [4.69, 9.17) is 5.14 Å². The largest absolute Gasteiger partial charge is 0.384 e. The molecule has 0 aromatic heterocycles. The topological polar surface area (TPSA) is 72.2 Å². The molecule has 0 radical (unpaired) electrons. The molecule has 0 unspecified atom stereocenters. The fourth-order valence-electron chi connectivity index (χ4n) is 2.25. The third kappa shape index (κ3) is 4.06. The quantitative estimate of drug-likeness (QED) is 0.892. The zero-order valence-electron chi connectivity index (χ0n) is 12.2. The highest BCUT2D eigenvalue weighted by Crippen LogP contribution is 2.20. The lowest BCUT2D eigenvalue weighted by molar-refractivity contribution is 0.597. The van der Waals surface area contributed by atoms with Gasteiger partial charge >= 0.3 is 0 Å². The molecule has 0 aliphatic rings. The number of benzene rings is 2. The molecule has 0 fully saturated rings. The first kappa shape index (κ1) is 15.5. The Hall–Kier alpha value is -1.85. The van der Waals surface area contributed by atoms with Crippen molar-refractivity contribution < 1.29 is 8.42 Å². The van der Waals surface area contributed by atoms with Gasteiger partial charge in [-0.05, 0) is 42.2 Å². The first-order valence-electron chi connectivity index (χ1n) is 6.80. The lowest BCUT2D eigenvalue weighted by Crippen LogP contribution is -2.14. The number of hydrogen-bond donors (Lipinski definition) is 2. The predicted molar refractivity (Wildman–Crippen MR) is 85.9 cm³/mol. The summed E-state index contributed by atoms with van der Waals surface area (Å²) in [5, 5.41) is 8.48. The first-order chi connectivity index (χ1) is 9.88. The fraction of sp³-hybridized carbons (Fsp3) is 0.250. The highest BCUT2D eigenvalue weighted by atomic mass is 32.2. The highest BCUT2D eigenvalue weighted by molar-refractivity contribution is 7.89. The number of anilines is 1. The van der Waals surface area contributed by atoms with Gasteiger partial charge in [0.25, 0.3) is 0 Å². The van der Waals surface area contributed by atoms with Crippen molar-refractivity contribution in [1.82, 2.24) is 0 Å². The summed E-state index contributed by atoms with van der Waals surface area (Å²) in [4.78, 5) is 0.171. The normalized spacial score (nSPS) is 12.9. The molecule has 0 heterocycles. The van der Waals surface area contributed by atoms with E-state index < -0.39 is 10.0 Å². The number of rotatable bonds is 5. The lowest BCUT2D eigenvalue weighted by Gasteiger charge is -2.15. The molecular weight excluding hydrogens is 284 g/mol. The Balaban J connectivity index is 2.06. The van der Waals surface area contributed by atoms with E-state index in [9.17, 15) is 8.42 Å². The maximum atomic E-state index is 11.4. The molecule has 112 valence electrons. The molecule has 0 aliphatic carbocycles. The molecule has 0 bridgehead atoms. The second kappa shape index (κ2) is 6.28. The van der Waals surface area contributed by atoms with Gasteiger partial charge < -0.3 is 5.32 Å². The Kier molecular flexibility index (Phi) is 4.65. The summed E-state index contributed by atoms with van der Waals surface area (Å²) in [6.07, 6.45) is 0. The minimum Gasteiger partial charge on any atom is -0.384 e. The molecule has 0 spiro atoms. The SMILES string of the molecule is Cc1cc(NC[C@@H](C)c2ccccc2)ccc1S(N)(=O)=O. The number of nitrogens with one attached hydrogen (secondary N) is 1. The van der Waals surface area contributed by atoms with Gasteiger partial charge in [-0.3, -0.25) is 0 Å². The molecule has 0 saturated heterocycles. The Morgan fingerprint density at radius 2 is 1.81 bits per heavy atom. The van der Waals surface area contributed by atoms with Crippen LogP contribution in [0.25, 0.3) is 0 Å². The molecule has 21 heavy (non-hydrogen) atoms. The molecule has 2 aromatic rings. The van der Waals surface area contributed by atoms with E-state index in [1.54, 1.807) is 25.1 Å². The Labute approximate surface area is 126 Å². The van der Waals surface area contributed by atoms with Gasteiger partial charge in [0.05, 0.1) is 4.90 Å². The van der Waals surface area contributed by atoms with Gasteiger partial charge in [0, 0.05) is 12.2 Å². The number of primary sulfonamides is 1. The van der Waals surface area contributed by atoms with Gasteiger partial charge in [0.15, 0.2) is 0 Å². The molecule has 1 atom stereocenters. The average Bonchev–Trinajstić information content (AvgIpc) is 2.44. The average molecular weight is 304 g/mol. The highest BCUT2D eigenvalue weighted by Gasteiger charge is 2.11. The van der Waals surface area contributed by atoms with Crippen LogP contribution in [0.2, 0.25) is 0 Å². The monoisotopic (exact) mass is 304 g/mol. The molecule has 4 nitrogen and oxygen atoms in total. The molecule has 0 aliphatic heterocycles. The number of sulfonamides is 1. The van der Waals surface area contributed by atoms with Crippen LogP contribution in [0.3, 0.4) is 0 Å². The van der Waals surface area contributed by atoms with E-state index in [1.165, 1.54) is 5.56 Å². The van der Waals surface area contributed by atoms with E-state index >= 15 is 0 Å². The molecular formula is C16H20N2O2S. The van der Waals surface area contributed by atoms with Crippen LogP contribution in [0, 0.1) is 6.92 Å². The van der Waals surface area contributed by atoms with Crippen molar-refractivity contribution in [3.63, 3.8) is 0 Å². The van der Waals surface area contributed by atoms with Crippen LogP contribution in [-0.4, -0.2) is 15.0 Å². The van der Waals surface area contributed by atoms with E-state index in [1.807, 2.05) is 18.2 Å². The molecule has 2 rings (SSSR count). The number of aryl methyl sites for hydroxylation is 1. The second-order valence-electron chi connectivity index (χ2n) is 5.22. The van der Waals surface area contributed by atoms with Gasteiger partial charge in [-0.1, -0.05) is 37.3 Å². The van der Waals surface area contributed by atoms with E-state index in [0.29, 0.717) is 11.5 Å². The minimum atomic E-state index is -3.65.